The summed E-state index contributed by atoms with van der Waals surface area (Å²) in [4.78, 5) is 69.5. The summed E-state index contributed by atoms with van der Waals surface area (Å²) in [5.41, 5.74) is -1.30. The van der Waals surface area contributed by atoms with Crippen LogP contribution in [0.5, 0.6) is 5.88 Å². The minimum absolute atomic E-state index is 0.0904. The molecule has 2 aliphatic carbocycles. The number of likely N-dealkylation sites (tertiary alicyclic amines) is 1. The maximum Gasteiger partial charge on any atom is 0.315 e. The second-order valence-corrected chi connectivity index (χ2v) is 17.4. The Balaban J connectivity index is 1.34. The molecule has 1 aromatic carbocycles. The molecule has 2 saturated carbocycles. The molecule has 0 radical (unpaired) electrons. The molecule has 274 valence electrons. The van der Waals surface area contributed by atoms with E-state index < -0.39 is 58.6 Å². The van der Waals surface area contributed by atoms with Gasteiger partial charge in [-0.05, 0) is 53.4 Å². The van der Waals surface area contributed by atoms with Crippen molar-refractivity contribution in [3.63, 3.8) is 0 Å². The first-order valence-corrected chi connectivity index (χ1v) is 18.0. The fraction of sp³-hybridized carbons (Fsp3) is 0.658. The van der Waals surface area contributed by atoms with E-state index in [2.05, 4.69) is 35.1 Å². The molecule has 1 aromatic heterocycles. The topological polar surface area (TPSA) is 162 Å². The second kappa shape index (κ2) is 13.6. The highest BCUT2D eigenvalue weighted by atomic mass is 16.3. The number of nitrogens with zero attached hydrogens (tertiary/aromatic N) is 2. The van der Waals surface area contributed by atoms with E-state index in [9.17, 15) is 29.1 Å². The first-order chi connectivity index (χ1) is 23.2. The van der Waals surface area contributed by atoms with Crippen LogP contribution in [0.25, 0.3) is 10.8 Å². The van der Waals surface area contributed by atoms with Gasteiger partial charge < -0.3 is 35.8 Å². The van der Waals surface area contributed by atoms with Gasteiger partial charge in [-0.3, -0.25) is 19.2 Å². The second-order valence-electron chi connectivity index (χ2n) is 17.4. The monoisotopic (exact) mass is 692 g/mol. The van der Waals surface area contributed by atoms with Crippen molar-refractivity contribution in [1.29, 1.82) is 0 Å². The Bertz CT molecular complexity index is 1650. The smallest absolute Gasteiger partial charge is 0.315 e. The van der Waals surface area contributed by atoms with Gasteiger partial charge in [-0.1, -0.05) is 86.4 Å². The lowest BCUT2D eigenvalue weighted by Crippen LogP contribution is -2.62. The van der Waals surface area contributed by atoms with Gasteiger partial charge in [-0.15, -0.1) is 0 Å². The zero-order chi connectivity index (χ0) is 36.9. The lowest BCUT2D eigenvalue weighted by Gasteiger charge is -2.38. The minimum atomic E-state index is -0.971. The predicted molar refractivity (Wildman–Crippen MR) is 191 cm³/mol. The van der Waals surface area contributed by atoms with Crippen LogP contribution in [0.2, 0.25) is 0 Å². The quantitative estimate of drug-likeness (QED) is 0.212. The van der Waals surface area contributed by atoms with Gasteiger partial charge in [-0.25, -0.2) is 4.79 Å². The Morgan fingerprint density at radius 1 is 0.960 bits per heavy atom. The molecule has 3 fully saturated rings. The molecule has 1 aliphatic heterocycles. The van der Waals surface area contributed by atoms with Crippen molar-refractivity contribution in [3.8, 4) is 5.88 Å². The molecule has 50 heavy (non-hydrogen) atoms. The van der Waals surface area contributed by atoms with E-state index >= 15 is 0 Å². The Morgan fingerprint density at radius 2 is 1.62 bits per heavy atom. The molecule has 5 N–H and O–H groups in total. The number of aromatic hydroxyl groups is 1. The summed E-state index contributed by atoms with van der Waals surface area (Å²) in [5, 5.41) is 24.0. The van der Waals surface area contributed by atoms with Gasteiger partial charge in [-0.2, -0.15) is 0 Å². The number of aromatic nitrogens is 1. The van der Waals surface area contributed by atoms with Gasteiger partial charge in [0.05, 0.1) is 12.1 Å². The van der Waals surface area contributed by atoms with Gasteiger partial charge in [0.15, 0.2) is 5.88 Å². The minimum Gasteiger partial charge on any atom is -0.494 e. The normalized spacial score (nSPS) is 23.0. The molecular formula is C38H56N6O6. The fourth-order valence-electron chi connectivity index (χ4n) is 7.61. The van der Waals surface area contributed by atoms with E-state index in [1.165, 1.54) is 0 Å². The van der Waals surface area contributed by atoms with E-state index in [1.54, 1.807) is 16.4 Å². The van der Waals surface area contributed by atoms with Crippen molar-refractivity contribution < 1.29 is 29.1 Å². The lowest BCUT2D eigenvalue weighted by atomic mass is 9.85. The van der Waals surface area contributed by atoms with Crippen LogP contribution >= 0.6 is 0 Å². The maximum absolute atomic E-state index is 14.5. The van der Waals surface area contributed by atoms with Gasteiger partial charge in [0.2, 0.25) is 17.6 Å². The number of benzene rings is 1. The standard InChI is InChI=1S/C38H56N6O6/c1-10-39-32(47)29(45)25(17-21-15-16-21)40-31(46)28-27-24(38(27,8)9)19-44(28)34(49)30(37(5,6)7)42-35(50)41-26(36(2,3)4)20-43-18-22-13-11-12-14-23(22)33(43)48/h11-14,18,21,24-28,30,48H,10,15-17,19-20H2,1-9H3,(H,39,47)(H,40,46)(H2,41,42,50)/t24-,25?,26+,27-,28-,30+/m0/s1. The number of amides is 5. The maximum atomic E-state index is 14.5. The highest BCUT2D eigenvalue weighted by molar-refractivity contribution is 6.38. The SMILES string of the molecule is CCNC(=O)C(=O)C(CC1CC1)NC(=O)[C@@H]1[C@@H]2[C@H](CN1C(=O)[C@@H](NC(=O)N[C@H](Cn1cc3ccccc3c1O)C(C)(C)C)C(C)(C)C)C2(C)C. The van der Waals surface area contributed by atoms with Crippen LogP contribution in [0.15, 0.2) is 30.5 Å². The Kier molecular flexibility index (Phi) is 10.1. The first-order valence-electron chi connectivity index (χ1n) is 18.0. The van der Waals surface area contributed by atoms with Crippen LogP contribution < -0.4 is 21.3 Å². The van der Waals surface area contributed by atoms with Crippen LogP contribution in [0, 0.1) is 34.0 Å². The average molecular weight is 693 g/mol. The largest absolute Gasteiger partial charge is 0.494 e. The van der Waals surface area contributed by atoms with Gasteiger partial charge >= 0.3 is 6.03 Å². The number of piperidine rings is 1. The molecule has 1 saturated heterocycles. The number of nitrogens with one attached hydrogen (secondary N) is 4. The number of likely N-dealkylation sites (N-methyl/N-ethyl adjacent to an activating group) is 1. The van der Waals surface area contributed by atoms with Crippen molar-refractivity contribution in [2.24, 2.45) is 34.0 Å². The molecular weight excluding hydrogens is 636 g/mol. The molecule has 1 unspecified atom stereocenters. The predicted octanol–water partition coefficient (Wildman–Crippen LogP) is 3.95. The summed E-state index contributed by atoms with van der Waals surface area (Å²) in [7, 11) is 0. The number of carbonyl (C=O) groups excluding carboxylic acids is 5. The highest BCUT2D eigenvalue weighted by Gasteiger charge is 2.70. The zero-order valence-electron chi connectivity index (χ0n) is 31.1. The third-order valence-corrected chi connectivity index (χ3v) is 11.1. The van der Waals surface area contributed by atoms with E-state index in [-0.39, 0.29) is 35.0 Å². The molecule has 12 heteroatoms. The van der Waals surface area contributed by atoms with Crippen LogP contribution in [0.1, 0.15) is 81.6 Å². The van der Waals surface area contributed by atoms with Crippen LogP contribution in [-0.4, -0.2) is 81.4 Å². The highest BCUT2D eigenvalue weighted by Crippen LogP contribution is 2.65. The Morgan fingerprint density at radius 3 is 2.20 bits per heavy atom. The Hall–Kier alpha value is -4.09. The van der Waals surface area contributed by atoms with Crippen molar-refractivity contribution >= 4 is 40.3 Å². The zero-order valence-corrected chi connectivity index (χ0v) is 31.1. The van der Waals surface area contributed by atoms with Crippen LogP contribution in [0.4, 0.5) is 4.79 Å². The fourth-order valence-corrected chi connectivity index (χ4v) is 7.61. The number of Topliss-reactive ketones (excluding diaryl/α,β-unsaturated/α-hetero) is 1. The van der Waals surface area contributed by atoms with Crippen molar-refractivity contribution in [2.45, 2.75) is 112 Å². The molecule has 3 aliphatic rings. The van der Waals surface area contributed by atoms with E-state index in [1.807, 2.05) is 72.0 Å². The van der Waals surface area contributed by atoms with Crippen molar-refractivity contribution in [1.82, 2.24) is 30.7 Å². The molecule has 0 spiro atoms. The van der Waals surface area contributed by atoms with Crippen LogP contribution in [-0.2, 0) is 25.7 Å². The third kappa shape index (κ3) is 7.63. The van der Waals surface area contributed by atoms with Crippen molar-refractivity contribution in [2.75, 3.05) is 13.1 Å². The number of carbonyl (C=O) groups is 5. The van der Waals surface area contributed by atoms with Gasteiger partial charge in [0, 0.05) is 36.6 Å². The summed E-state index contributed by atoms with van der Waals surface area (Å²) in [6.07, 6.45) is 4.13. The van der Waals surface area contributed by atoms with Crippen molar-refractivity contribution in [3.05, 3.63) is 30.5 Å². The number of hydrogen-bond donors (Lipinski definition) is 5. The third-order valence-electron chi connectivity index (χ3n) is 11.1. The first kappa shape index (κ1) is 37.2. The molecule has 2 heterocycles. The van der Waals surface area contributed by atoms with E-state index in [0.717, 1.165) is 23.6 Å². The molecule has 2 aromatic rings. The summed E-state index contributed by atoms with van der Waals surface area (Å²) in [6.45, 7) is 18.4. The number of hydrogen-bond acceptors (Lipinski definition) is 6. The molecule has 5 rings (SSSR count). The lowest BCUT2D eigenvalue weighted by molar-refractivity contribution is -0.145. The van der Waals surface area contributed by atoms with Crippen LogP contribution in [0.3, 0.4) is 0 Å². The summed E-state index contributed by atoms with van der Waals surface area (Å²) < 4.78 is 1.72. The molecule has 6 atom stereocenters. The van der Waals surface area contributed by atoms with E-state index in [0.29, 0.717) is 26.1 Å². The van der Waals surface area contributed by atoms with Gasteiger partial charge in [0.25, 0.3) is 5.91 Å². The number of urea groups is 1. The van der Waals surface area contributed by atoms with E-state index in [4.69, 9.17) is 0 Å². The average Bonchev–Trinajstić information content (AvgIpc) is 3.83. The molecule has 0 bridgehead atoms. The molecule has 5 amide bonds. The molecule has 12 nitrogen and oxygen atoms in total. The summed E-state index contributed by atoms with van der Waals surface area (Å²) in [5.74, 6) is -1.84. The number of fused-ring (bicyclic) bond motifs is 2. The summed E-state index contributed by atoms with van der Waals surface area (Å²) >= 11 is 0. The number of rotatable bonds is 12. The summed E-state index contributed by atoms with van der Waals surface area (Å²) in [6, 6.07) is 3.80. The number of ketones is 1. The van der Waals surface area contributed by atoms with Gasteiger partial charge in [0.1, 0.15) is 12.1 Å². The Labute approximate surface area is 295 Å².